The molecule has 2 aromatic heterocycles. The van der Waals surface area contributed by atoms with E-state index < -0.39 is 0 Å². The maximum atomic E-state index is 5.20. The number of nitrogens with zero attached hydrogens (tertiary/aromatic N) is 4. The van der Waals surface area contributed by atoms with Crippen LogP contribution in [0.5, 0.6) is 5.75 Å². The van der Waals surface area contributed by atoms with Gasteiger partial charge in [0.15, 0.2) is 0 Å². The molecular weight excluding hydrogens is 242 g/mol. The van der Waals surface area contributed by atoms with Gasteiger partial charge in [-0.1, -0.05) is 6.07 Å². The molecule has 0 unspecified atom stereocenters. The number of hydrogen-bond acceptors (Lipinski definition) is 5. The number of aromatic nitrogens is 4. The van der Waals surface area contributed by atoms with Crippen molar-refractivity contribution in [3.8, 4) is 5.75 Å². The van der Waals surface area contributed by atoms with E-state index in [0.717, 1.165) is 22.9 Å². The number of anilines is 2. The van der Waals surface area contributed by atoms with Crippen molar-refractivity contribution in [1.29, 1.82) is 0 Å². The Morgan fingerprint density at radius 2 is 2.16 bits per heavy atom. The number of methoxy groups -OCH3 is 1. The summed E-state index contributed by atoms with van der Waals surface area (Å²) < 4.78 is 6.86. The van der Waals surface area contributed by atoms with E-state index in [1.807, 2.05) is 37.3 Å². The lowest BCUT2D eigenvalue weighted by Gasteiger charge is -2.09. The second kappa shape index (κ2) is 4.56. The van der Waals surface area contributed by atoms with Gasteiger partial charge >= 0.3 is 0 Å². The summed E-state index contributed by atoms with van der Waals surface area (Å²) in [6.07, 6.45) is 1.48. The topological polar surface area (TPSA) is 64.3 Å². The predicted molar refractivity (Wildman–Crippen MR) is 71.8 cm³/mol. The number of nitrogens with one attached hydrogen (secondary N) is 1. The zero-order chi connectivity index (χ0) is 13.2. The van der Waals surface area contributed by atoms with Gasteiger partial charge in [-0.2, -0.15) is 14.6 Å². The highest BCUT2D eigenvalue weighted by molar-refractivity contribution is 5.60. The Bertz CT molecular complexity index is 722. The highest BCUT2D eigenvalue weighted by atomic mass is 16.5. The average molecular weight is 255 g/mol. The molecule has 6 nitrogen and oxygen atoms in total. The largest absolute Gasteiger partial charge is 0.497 e. The molecule has 0 saturated heterocycles. The van der Waals surface area contributed by atoms with Gasteiger partial charge < -0.3 is 10.1 Å². The minimum atomic E-state index is 0.574. The van der Waals surface area contributed by atoms with Gasteiger partial charge in [0.25, 0.3) is 5.78 Å². The van der Waals surface area contributed by atoms with Gasteiger partial charge in [0.05, 0.1) is 7.11 Å². The quantitative estimate of drug-likeness (QED) is 0.777. The first-order valence-electron chi connectivity index (χ1n) is 5.85. The number of fused-ring (bicyclic) bond motifs is 1. The normalized spacial score (nSPS) is 10.6. The van der Waals surface area contributed by atoms with E-state index in [2.05, 4.69) is 20.4 Å². The average Bonchev–Trinajstić information content (AvgIpc) is 2.87. The fourth-order valence-electron chi connectivity index (χ4n) is 1.87. The smallest absolute Gasteiger partial charge is 0.254 e. The lowest BCUT2D eigenvalue weighted by atomic mass is 10.3. The monoisotopic (exact) mass is 255 g/mol. The summed E-state index contributed by atoms with van der Waals surface area (Å²) in [5, 5.41) is 7.44. The molecule has 0 fully saturated rings. The molecule has 0 spiro atoms. The second-order valence-corrected chi connectivity index (χ2v) is 4.11. The van der Waals surface area contributed by atoms with Crippen LogP contribution < -0.4 is 10.1 Å². The molecule has 6 heteroatoms. The number of benzene rings is 1. The van der Waals surface area contributed by atoms with Crippen LogP contribution in [0.15, 0.2) is 36.7 Å². The highest BCUT2D eigenvalue weighted by Gasteiger charge is 2.06. The Morgan fingerprint density at radius 3 is 3.00 bits per heavy atom. The molecule has 1 N–H and O–H groups in total. The van der Waals surface area contributed by atoms with E-state index in [4.69, 9.17) is 4.74 Å². The lowest BCUT2D eigenvalue weighted by Crippen LogP contribution is -2.02. The second-order valence-electron chi connectivity index (χ2n) is 4.11. The molecule has 0 aliphatic heterocycles. The Morgan fingerprint density at radius 1 is 1.26 bits per heavy atom. The Labute approximate surface area is 110 Å². The van der Waals surface area contributed by atoms with Crippen LogP contribution in [0.25, 0.3) is 5.78 Å². The Kier molecular flexibility index (Phi) is 2.75. The molecule has 3 aromatic rings. The van der Waals surface area contributed by atoms with Crippen LogP contribution in [0.3, 0.4) is 0 Å². The van der Waals surface area contributed by atoms with Gasteiger partial charge in [0, 0.05) is 23.5 Å². The first-order chi connectivity index (χ1) is 9.26. The maximum Gasteiger partial charge on any atom is 0.254 e. The summed E-state index contributed by atoms with van der Waals surface area (Å²) in [5.74, 6) is 2.18. The van der Waals surface area contributed by atoms with Crippen molar-refractivity contribution < 1.29 is 4.74 Å². The molecule has 96 valence electrons. The maximum absolute atomic E-state index is 5.20. The zero-order valence-corrected chi connectivity index (χ0v) is 10.7. The van der Waals surface area contributed by atoms with Gasteiger partial charge in [-0.25, -0.2) is 4.98 Å². The van der Waals surface area contributed by atoms with E-state index in [1.54, 1.807) is 11.6 Å². The van der Waals surface area contributed by atoms with Gasteiger partial charge in [-0.05, 0) is 19.1 Å². The third kappa shape index (κ3) is 2.20. The number of ether oxygens (including phenoxy) is 1. The van der Waals surface area contributed by atoms with Gasteiger partial charge in [-0.3, -0.25) is 0 Å². The molecule has 0 aliphatic carbocycles. The summed E-state index contributed by atoms with van der Waals surface area (Å²) in [6.45, 7) is 1.92. The van der Waals surface area contributed by atoms with Crippen LogP contribution in [0.4, 0.5) is 11.5 Å². The van der Waals surface area contributed by atoms with E-state index >= 15 is 0 Å². The zero-order valence-electron chi connectivity index (χ0n) is 10.7. The molecule has 0 bridgehead atoms. The lowest BCUT2D eigenvalue weighted by molar-refractivity contribution is 0.415. The van der Waals surface area contributed by atoms with Gasteiger partial charge in [0.2, 0.25) is 0 Å². The number of aryl methyl sites for hydroxylation is 1. The minimum Gasteiger partial charge on any atom is -0.497 e. The van der Waals surface area contributed by atoms with E-state index in [1.165, 1.54) is 6.33 Å². The first-order valence-corrected chi connectivity index (χ1v) is 5.85. The fraction of sp³-hybridized carbons (Fsp3) is 0.154. The molecular formula is C13H13N5O. The van der Waals surface area contributed by atoms with Crippen molar-refractivity contribution in [2.75, 3.05) is 12.4 Å². The molecule has 0 atom stereocenters. The molecule has 0 saturated carbocycles. The molecule has 3 rings (SSSR count). The molecule has 0 amide bonds. The van der Waals surface area contributed by atoms with E-state index in [9.17, 15) is 0 Å². The van der Waals surface area contributed by atoms with E-state index in [0.29, 0.717) is 5.78 Å². The standard InChI is InChI=1S/C13H13N5O/c1-9-6-12(18-13(16-9)14-8-15-18)17-10-4-3-5-11(7-10)19-2/h3-8,17H,1-2H3. The van der Waals surface area contributed by atoms with Crippen molar-refractivity contribution in [3.63, 3.8) is 0 Å². The summed E-state index contributed by atoms with van der Waals surface area (Å²) in [4.78, 5) is 8.39. The predicted octanol–water partition coefficient (Wildman–Crippen LogP) is 2.18. The SMILES string of the molecule is COc1cccc(Nc2cc(C)nc3ncnn23)c1. The summed E-state index contributed by atoms with van der Waals surface area (Å²) in [5.41, 5.74) is 1.80. The molecule has 1 aromatic carbocycles. The summed E-state index contributed by atoms with van der Waals surface area (Å²) >= 11 is 0. The van der Waals surface area contributed by atoms with Crippen molar-refractivity contribution in [3.05, 3.63) is 42.4 Å². The first kappa shape index (κ1) is 11.5. The van der Waals surface area contributed by atoms with E-state index in [-0.39, 0.29) is 0 Å². The van der Waals surface area contributed by atoms with Crippen LogP contribution in [-0.4, -0.2) is 26.7 Å². The van der Waals surface area contributed by atoms with Crippen molar-refractivity contribution in [2.24, 2.45) is 0 Å². The van der Waals surface area contributed by atoms with Crippen LogP contribution in [-0.2, 0) is 0 Å². The van der Waals surface area contributed by atoms with Crippen LogP contribution in [0, 0.1) is 6.92 Å². The van der Waals surface area contributed by atoms with Crippen LogP contribution in [0.1, 0.15) is 5.69 Å². The Hall–Kier alpha value is -2.63. The molecule has 2 heterocycles. The number of hydrogen-bond donors (Lipinski definition) is 1. The third-order valence-electron chi connectivity index (χ3n) is 2.72. The van der Waals surface area contributed by atoms with Crippen molar-refractivity contribution in [1.82, 2.24) is 19.6 Å². The summed E-state index contributed by atoms with van der Waals surface area (Å²) in [6, 6.07) is 9.61. The third-order valence-corrected chi connectivity index (χ3v) is 2.72. The fourth-order valence-corrected chi connectivity index (χ4v) is 1.87. The van der Waals surface area contributed by atoms with Gasteiger partial charge in [0.1, 0.15) is 17.9 Å². The Balaban J connectivity index is 2.02. The van der Waals surface area contributed by atoms with Crippen LogP contribution in [0.2, 0.25) is 0 Å². The molecule has 0 radical (unpaired) electrons. The minimum absolute atomic E-state index is 0.574. The summed E-state index contributed by atoms with van der Waals surface area (Å²) in [7, 11) is 1.64. The van der Waals surface area contributed by atoms with Crippen molar-refractivity contribution in [2.45, 2.75) is 6.92 Å². The molecule has 19 heavy (non-hydrogen) atoms. The van der Waals surface area contributed by atoms with Crippen molar-refractivity contribution >= 4 is 17.3 Å². The van der Waals surface area contributed by atoms with Gasteiger partial charge in [-0.15, -0.1) is 0 Å². The molecule has 0 aliphatic rings. The number of rotatable bonds is 3. The van der Waals surface area contributed by atoms with Crippen LogP contribution >= 0.6 is 0 Å². The highest BCUT2D eigenvalue weighted by Crippen LogP contribution is 2.21.